The molecule has 0 radical (unpaired) electrons. The number of rotatable bonds is 0. The minimum Gasteiger partial charge on any atom is -0.261 e. The molecule has 0 aliphatic heterocycles. The molecule has 1 rings (SSSR count). The van der Waals surface area contributed by atoms with E-state index >= 15 is 0 Å². The van der Waals surface area contributed by atoms with Gasteiger partial charge in [0, 0.05) is 6.20 Å². The fraction of sp³-hybridized carbons (Fsp3) is 0.444. The molecule has 0 aliphatic carbocycles. The van der Waals surface area contributed by atoms with Gasteiger partial charge in [-0.3, -0.25) is 4.98 Å². The molecule has 12 heavy (non-hydrogen) atoms. The largest absolute Gasteiger partial charge is 0.261 e. The van der Waals surface area contributed by atoms with Gasteiger partial charge in [-0.2, -0.15) is 0 Å². The normalized spacial score (nSPS) is 11.8. The molecule has 0 N–H and O–H groups in total. The number of nitrogens with zero attached hydrogens (tertiary/aromatic N) is 1. The third-order valence-corrected chi connectivity index (χ3v) is 2.03. The van der Waals surface area contributed by atoms with Crippen LogP contribution in [0.2, 0.25) is 5.02 Å². The lowest BCUT2D eigenvalue weighted by atomic mass is 9.88. The molecule has 3 heteroatoms. The summed E-state index contributed by atoms with van der Waals surface area (Å²) in [7, 11) is 0. The van der Waals surface area contributed by atoms with Crippen molar-refractivity contribution in [3.8, 4) is 0 Å². The minimum atomic E-state index is -0.455. The average Bonchev–Trinajstić information content (AvgIpc) is 1.92. The van der Waals surface area contributed by atoms with Gasteiger partial charge in [0.05, 0.1) is 11.2 Å². The van der Waals surface area contributed by atoms with E-state index in [2.05, 4.69) is 4.98 Å². The van der Waals surface area contributed by atoms with E-state index in [1.807, 2.05) is 20.8 Å². The van der Waals surface area contributed by atoms with Crippen LogP contribution in [0.15, 0.2) is 12.4 Å². The van der Waals surface area contributed by atoms with Gasteiger partial charge in [0.2, 0.25) is 0 Å². The van der Waals surface area contributed by atoms with Crippen molar-refractivity contribution in [2.45, 2.75) is 26.2 Å². The van der Waals surface area contributed by atoms with Gasteiger partial charge in [0.15, 0.2) is 5.82 Å². The van der Waals surface area contributed by atoms with E-state index in [1.165, 1.54) is 0 Å². The molecule has 66 valence electrons. The molecule has 0 aliphatic rings. The summed E-state index contributed by atoms with van der Waals surface area (Å²) in [5, 5.41) is 0.178. The zero-order valence-corrected chi connectivity index (χ0v) is 8.11. The standard InChI is InChI=1S/C9H11ClFN/c1-9(2,3)6-4-12-5-7(11)8(6)10/h4-5H,1-3H3. The lowest BCUT2D eigenvalue weighted by molar-refractivity contribution is 0.566. The van der Waals surface area contributed by atoms with Crippen LogP contribution in [0.25, 0.3) is 0 Å². The van der Waals surface area contributed by atoms with Gasteiger partial charge in [0.1, 0.15) is 0 Å². The molecule has 0 aromatic carbocycles. The summed E-state index contributed by atoms with van der Waals surface area (Å²) in [5.41, 5.74) is 0.579. The predicted octanol–water partition coefficient (Wildman–Crippen LogP) is 3.17. The highest BCUT2D eigenvalue weighted by Gasteiger charge is 2.19. The Balaban J connectivity index is 3.26. The molecule has 0 spiro atoms. The first-order valence-electron chi connectivity index (χ1n) is 3.72. The zero-order valence-electron chi connectivity index (χ0n) is 7.36. The van der Waals surface area contributed by atoms with Crippen molar-refractivity contribution in [2.75, 3.05) is 0 Å². The summed E-state index contributed by atoms with van der Waals surface area (Å²) in [6.07, 6.45) is 2.73. The second kappa shape index (κ2) is 3.02. The van der Waals surface area contributed by atoms with Crippen LogP contribution >= 0.6 is 11.6 Å². The smallest absolute Gasteiger partial charge is 0.160 e. The highest BCUT2D eigenvalue weighted by Crippen LogP contribution is 2.29. The number of aromatic nitrogens is 1. The van der Waals surface area contributed by atoms with Crippen molar-refractivity contribution in [3.05, 3.63) is 28.8 Å². The lowest BCUT2D eigenvalue weighted by Gasteiger charge is -2.19. The lowest BCUT2D eigenvalue weighted by Crippen LogP contribution is -2.12. The van der Waals surface area contributed by atoms with Crippen LogP contribution in [-0.2, 0) is 5.41 Å². The van der Waals surface area contributed by atoms with Crippen LogP contribution in [0.3, 0.4) is 0 Å². The predicted molar refractivity (Wildman–Crippen MR) is 47.9 cm³/mol. The molecule has 1 nitrogen and oxygen atoms in total. The quantitative estimate of drug-likeness (QED) is 0.608. The minimum absolute atomic E-state index is 0.161. The molecule has 0 saturated heterocycles. The van der Waals surface area contributed by atoms with Gasteiger partial charge in [-0.1, -0.05) is 32.4 Å². The molecular formula is C9H11ClFN. The summed E-state index contributed by atoms with van der Waals surface area (Å²) >= 11 is 5.76. The Morgan fingerprint density at radius 1 is 1.33 bits per heavy atom. The highest BCUT2D eigenvalue weighted by atomic mass is 35.5. The second-order valence-corrected chi connectivity index (χ2v) is 4.11. The van der Waals surface area contributed by atoms with Crippen molar-refractivity contribution < 1.29 is 4.39 Å². The van der Waals surface area contributed by atoms with Crippen molar-refractivity contribution in [2.24, 2.45) is 0 Å². The van der Waals surface area contributed by atoms with Gasteiger partial charge in [0.25, 0.3) is 0 Å². The summed E-state index contributed by atoms with van der Waals surface area (Å²) in [6, 6.07) is 0. The third-order valence-electron chi connectivity index (χ3n) is 1.65. The maximum Gasteiger partial charge on any atom is 0.160 e. The van der Waals surface area contributed by atoms with Crippen LogP contribution in [-0.4, -0.2) is 4.98 Å². The average molecular weight is 188 g/mol. The van der Waals surface area contributed by atoms with Crippen molar-refractivity contribution in [1.82, 2.24) is 4.98 Å². The molecule has 0 unspecified atom stereocenters. The maximum absolute atomic E-state index is 12.9. The van der Waals surface area contributed by atoms with Crippen LogP contribution in [0.1, 0.15) is 26.3 Å². The van der Waals surface area contributed by atoms with Gasteiger partial charge in [-0.25, -0.2) is 4.39 Å². The highest BCUT2D eigenvalue weighted by molar-refractivity contribution is 6.31. The monoisotopic (exact) mass is 187 g/mol. The summed E-state index contributed by atoms with van der Waals surface area (Å²) in [5.74, 6) is -0.455. The van der Waals surface area contributed by atoms with E-state index in [-0.39, 0.29) is 10.4 Å². The Labute approximate surface area is 76.6 Å². The van der Waals surface area contributed by atoms with E-state index in [9.17, 15) is 4.39 Å². The Morgan fingerprint density at radius 2 is 1.92 bits per heavy atom. The summed E-state index contributed by atoms with van der Waals surface area (Å²) in [4.78, 5) is 3.75. The van der Waals surface area contributed by atoms with Gasteiger partial charge in [-0.15, -0.1) is 0 Å². The topological polar surface area (TPSA) is 12.9 Å². The van der Waals surface area contributed by atoms with Crippen molar-refractivity contribution in [1.29, 1.82) is 0 Å². The maximum atomic E-state index is 12.9. The van der Waals surface area contributed by atoms with Crippen LogP contribution in [0.4, 0.5) is 4.39 Å². The van der Waals surface area contributed by atoms with E-state index in [0.29, 0.717) is 0 Å². The van der Waals surface area contributed by atoms with E-state index in [0.717, 1.165) is 11.8 Å². The fourth-order valence-electron chi connectivity index (χ4n) is 0.942. The first kappa shape index (κ1) is 9.46. The number of hydrogen-bond donors (Lipinski definition) is 0. The molecule has 0 fully saturated rings. The fourth-order valence-corrected chi connectivity index (χ4v) is 1.32. The molecule has 0 saturated carbocycles. The van der Waals surface area contributed by atoms with E-state index < -0.39 is 5.82 Å². The van der Waals surface area contributed by atoms with Crippen LogP contribution < -0.4 is 0 Å². The molecule has 0 amide bonds. The van der Waals surface area contributed by atoms with Crippen molar-refractivity contribution in [3.63, 3.8) is 0 Å². The van der Waals surface area contributed by atoms with E-state index in [4.69, 9.17) is 11.6 Å². The third kappa shape index (κ3) is 1.75. The first-order valence-corrected chi connectivity index (χ1v) is 4.10. The second-order valence-electron chi connectivity index (χ2n) is 3.73. The zero-order chi connectivity index (χ0) is 9.35. The van der Waals surface area contributed by atoms with Gasteiger partial charge in [-0.05, 0) is 11.0 Å². The SMILES string of the molecule is CC(C)(C)c1cncc(F)c1Cl. The number of halogens is 2. The molecule has 0 bridgehead atoms. The molecule has 1 aromatic rings. The summed E-state index contributed by atoms with van der Waals surface area (Å²) in [6.45, 7) is 5.90. The summed E-state index contributed by atoms with van der Waals surface area (Å²) < 4.78 is 12.9. The van der Waals surface area contributed by atoms with E-state index in [1.54, 1.807) is 6.20 Å². The Bertz CT molecular complexity index is 291. The van der Waals surface area contributed by atoms with Crippen molar-refractivity contribution >= 4 is 11.6 Å². The molecular weight excluding hydrogens is 177 g/mol. The number of hydrogen-bond acceptors (Lipinski definition) is 1. The Morgan fingerprint density at radius 3 is 2.33 bits per heavy atom. The number of pyridine rings is 1. The molecule has 0 atom stereocenters. The Hall–Kier alpha value is -0.630. The molecule has 1 aromatic heterocycles. The van der Waals surface area contributed by atoms with Crippen LogP contribution in [0, 0.1) is 5.82 Å². The first-order chi connectivity index (χ1) is 5.43. The molecule has 1 heterocycles. The van der Waals surface area contributed by atoms with Gasteiger partial charge >= 0.3 is 0 Å². The van der Waals surface area contributed by atoms with Crippen LogP contribution in [0.5, 0.6) is 0 Å². The Kier molecular flexibility index (Phi) is 2.38. The van der Waals surface area contributed by atoms with Gasteiger partial charge < -0.3 is 0 Å².